The lowest BCUT2D eigenvalue weighted by molar-refractivity contribution is 0.0940. The van der Waals surface area contributed by atoms with E-state index in [0.717, 1.165) is 16.3 Å². The molecule has 31 heavy (non-hydrogen) atoms. The number of methoxy groups -OCH3 is 1. The van der Waals surface area contributed by atoms with Crippen molar-refractivity contribution in [2.45, 2.75) is 31.7 Å². The molecule has 0 spiro atoms. The molecule has 1 amide bonds. The van der Waals surface area contributed by atoms with Crippen LogP contribution in [-0.4, -0.2) is 38.8 Å². The van der Waals surface area contributed by atoms with E-state index in [1.54, 1.807) is 19.9 Å². The summed E-state index contributed by atoms with van der Waals surface area (Å²) in [5.74, 6) is -0.135. The van der Waals surface area contributed by atoms with Crippen LogP contribution < -0.4 is 10.1 Å². The standard InChI is InChI=1S/C24H28N2O4S/c1-5-26(6-2)31(28,29)23-16-19(14-15-22(23)30-4)24(27)25-17(3)20-13-9-11-18-10-7-8-12-21(18)20/h7-17H,5-6H2,1-4H3,(H,25,27)/t17-/m1/s1. The Labute approximate surface area is 183 Å². The Morgan fingerprint density at radius 3 is 2.39 bits per heavy atom. The van der Waals surface area contributed by atoms with Gasteiger partial charge in [0.2, 0.25) is 10.0 Å². The van der Waals surface area contributed by atoms with Crippen molar-refractivity contribution in [3.63, 3.8) is 0 Å². The minimum Gasteiger partial charge on any atom is -0.495 e. The molecule has 0 radical (unpaired) electrons. The number of fused-ring (bicyclic) bond motifs is 1. The lowest BCUT2D eigenvalue weighted by Crippen LogP contribution is -2.31. The smallest absolute Gasteiger partial charge is 0.251 e. The number of hydrogen-bond acceptors (Lipinski definition) is 4. The molecule has 1 atom stereocenters. The van der Waals surface area contributed by atoms with Gasteiger partial charge in [0, 0.05) is 18.7 Å². The van der Waals surface area contributed by atoms with Gasteiger partial charge < -0.3 is 10.1 Å². The van der Waals surface area contributed by atoms with Gasteiger partial charge in [-0.2, -0.15) is 4.31 Å². The molecule has 0 aliphatic rings. The van der Waals surface area contributed by atoms with Crippen LogP contribution in [0.3, 0.4) is 0 Å². The average molecular weight is 441 g/mol. The SMILES string of the molecule is CCN(CC)S(=O)(=O)c1cc(C(=O)N[C@H](C)c2cccc3ccccc23)ccc1OC. The largest absolute Gasteiger partial charge is 0.495 e. The number of carbonyl (C=O) groups excluding carboxylic acids is 1. The van der Waals surface area contributed by atoms with Gasteiger partial charge >= 0.3 is 0 Å². The lowest BCUT2D eigenvalue weighted by Gasteiger charge is -2.21. The molecule has 0 saturated heterocycles. The van der Waals surface area contributed by atoms with Gasteiger partial charge in [0.25, 0.3) is 5.91 Å². The average Bonchev–Trinajstić information content (AvgIpc) is 2.78. The molecule has 0 saturated carbocycles. The van der Waals surface area contributed by atoms with Crippen molar-refractivity contribution in [3.05, 3.63) is 71.8 Å². The van der Waals surface area contributed by atoms with E-state index in [0.29, 0.717) is 13.1 Å². The summed E-state index contributed by atoms with van der Waals surface area (Å²) in [7, 11) is -2.37. The lowest BCUT2D eigenvalue weighted by atomic mass is 9.99. The van der Waals surface area contributed by atoms with Crippen molar-refractivity contribution in [2.24, 2.45) is 0 Å². The summed E-state index contributed by atoms with van der Waals surface area (Å²) in [6.07, 6.45) is 0. The third-order valence-electron chi connectivity index (χ3n) is 5.39. The summed E-state index contributed by atoms with van der Waals surface area (Å²) in [5.41, 5.74) is 1.26. The van der Waals surface area contributed by atoms with Crippen molar-refractivity contribution < 1.29 is 17.9 Å². The fourth-order valence-corrected chi connectivity index (χ4v) is 5.35. The van der Waals surface area contributed by atoms with Crippen LogP contribution in [0, 0.1) is 0 Å². The third-order valence-corrected chi connectivity index (χ3v) is 7.46. The van der Waals surface area contributed by atoms with E-state index >= 15 is 0 Å². The van der Waals surface area contributed by atoms with Gasteiger partial charge in [-0.1, -0.05) is 56.3 Å². The predicted molar refractivity (Wildman–Crippen MR) is 123 cm³/mol. The van der Waals surface area contributed by atoms with Gasteiger partial charge in [-0.25, -0.2) is 8.42 Å². The molecule has 0 aromatic heterocycles. The van der Waals surface area contributed by atoms with Crippen LogP contribution in [0.1, 0.15) is 42.7 Å². The van der Waals surface area contributed by atoms with Crippen LogP contribution in [0.4, 0.5) is 0 Å². The van der Waals surface area contributed by atoms with Crippen LogP contribution in [0.2, 0.25) is 0 Å². The summed E-state index contributed by atoms with van der Waals surface area (Å²) in [5, 5.41) is 5.15. The molecule has 3 rings (SSSR count). The highest BCUT2D eigenvalue weighted by Crippen LogP contribution is 2.29. The molecule has 0 aliphatic heterocycles. The van der Waals surface area contributed by atoms with E-state index in [9.17, 15) is 13.2 Å². The Morgan fingerprint density at radius 2 is 1.71 bits per heavy atom. The Balaban J connectivity index is 1.93. The van der Waals surface area contributed by atoms with Gasteiger partial charge in [-0.3, -0.25) is 4.79 Å². The summed E-state index contributed by atoms with van der Waals surface area (Å²) < 4.78 is 32.7. The third kappa shape index (κ3) is 4.57. The minimum atomic E-state index is -3.78. The quantitative estimate of drug-likeness (QED) is 0.564. The molecule has 0 heterocycles. The maximum Gasteiger partial charge on any atom is 0.251 e. The van der Waals surface area contributed by atoms with E-state index in [2.05, 4.69) is 5.32 Å². The predicted octanol–water partition coefficient (Wildman–Crippen LogP) is 4.37. The summed E-state index contributed by atoms with van der Waals surface area (Å²) in [4.78, 5) is 13.0. The van der Waals surface area contributed by atoms with Crippen LogP contribution in [-0.2, 0) is 10.0 Å². The normalized spacial score (nSPS) is 12.7. The minimum absolute atomic E-state index is 0.0100. The Bertz CT molecular complexity index is 1180. The Hall–Kier alpha value is -2.90. The first-order valence-electron chi connectivity index (χ1n) is 10.3. The zero-order valence-corrected chi connectivity index (χ0v) is 19.1. The molecule has 3 aromatic carbocycles. The molecule has 0 bridgehead atoms. The first-order chi connectivity index (χ1) is 14.8. The van der Waals surface area contributed by atoms with Gasteiger partial charge in [-0.15, -0.1) is 0 Å². The molecule has 0 fully saturated rings. The van der Waals surface area contributed by atoms with Crippen LogP contribution >= 0.6 is 0 Å². The maximum atomic E-state index is 13.1. The molecular weight excluding hydrogens is 412 g/mol. The molecule has 164 valence electrons. The second-order valence-electron chi connectivity index (χ2n) is 7.22. The summed E-state index contributed by atoms with van der Waals surface area (Å²) in [6, 6.07) is 18.2. The van der Waals surface area contributed by atoms with E-state index in [4.69, 9.17) is 4.74 Å². The summed E-state index contributed by atoms with van der Waals surface area (Å²) in [6.45, 7) is 6.12. The maximum absolute atomic E-state index is 13.1. The van der Waals surface area contributed by atoms with Crippen LogP contribution in [0.25, 0.3) is 10.8 Å². The number of nitrogens with one attached hydrogen (secondary N) is 1. The van der Waals surface area contributed by atoms with Crippen molar-refractivity contribution in [1.29, 1.82) is 0 Å². The molecule has 1 N–H and O–H groups in total. The number of amides is 1. The zero-order valence-electron chi connectivity index (χ0n) is 18.3. The van der Waals surface area contributed by atoms with E-state index < -0.39 is 10.0 Å². The van der Waals surface area contributed by atoms with Gasteiger partial charge in [0.1, 0.15) is 10.6 Å². The van der Waals surface area contributed by atoms with Gasteiger partial charge in [0.15, 0.2) is 0 Å². The molecule has 0 unspecified atom stereocenters. The Kier molecular flexibility index (Phi) is 6.97. The molecular formula is C24H28N2O4S. The molecule has 0 aliphatic carbocycles. The van der Waals surface area contributed by atoms with Crippen LogP contribution in [0.5, 0.6) is 5.75 Å². The highest BCUT2D eigenvalue weighted by Gasteiger charge is 2.27. The van der Waals surface area contributed by atoms with Crippen molar-refractivity contribution in [1.82, 2.24) is 9.62 Å². The summed E-state index contributed by atoms with van der Waals surface area (Å²) >= 11 is 0. The number of carbonyl (C=O) groups is 1. The van der Waals surface area contributed by atoms with E-state index in [-0.39, 0.29) is 28.2 Å². The number of rotatable bonds is 8. The van der Waals surface area contributed by atoms with E-state index in [1.807, 2.05) is 49.4 Å². The number of ether oxygens (including phenoxy) is 1. The number of nitrogens with zero attached hydrogens (tertiary/aromatic N) is 1. The number of hydrogen-bond donors (Lipinski definition) is 1. The number of sulfonamides is 1. The van der Waals surface area contributed by atoms with Gasteiger partial charge in [0.05, 0.1) is 13.2 Å². The van der Waals surface area contributed by atoms with Crippen molar-refractivity contribution in [3.8, 4) is 5.75 Å². The second-order valence-corrected chi connectivity index (χ2v) is 9.12. The highest BCUT2D eigenvalue weighted by atomic mass is 32.2. The van der Waals surface area contributed by atoms with Crippen LogP contribution in [0.15, 0.2) is 65.6 Å². The Morgan fingerprint density at radius 1 is 1.03 bits per heavy atom. The highest BCUT2D eigenvalue weighted by molar-refractivity contribution is 7.89. The van der Waals surface area contributed by atoms with Crippen molar-refractivity contribution >= 4 is 26.7 Å². The fourth-order valence-electron chi connectivity index (χ4n) is 3.71. The number of benzene rings is 3. The topological polar surface area (TPSA) is 75.7 Å². The molecule has 7 heteroatoms. The first kappa shape index (κ1) is 22.8. The molecule has 3 aromatic rings. The molecule has 6 nitrogen and oxygen atoms in total. The van der Waals surface area contributed by atoms with E-state index in [1.165, 1.54) is 23.5 Å². The first-order valence-corrected chi connectivity index (χ1v) is 11.7. The zero-order chi connectivity index (χ0) is 22.6. The monoisotopic (exact) mass is 440 g/mol. The second kappa shape index (κ2) is 9.49. The van der Waals surface area contributed by atoms with Gasteiger partial charge in [-0.05, 0) is 41.5 Å². The van der Waals surface area contributed by atoms with Crippen molar-refractivity contribution in [2.75, 3.05) is 20.2 Å². The fraction of sp³-hybridized carbons (Fsp3) is 0.292.